The number of nitrogens with one attached hydrogen (secondary N) is 2. The van der Waals surface area contributed by atoms with Crippen LogP contribution in [-0.2, 0) is 0 Å². The molecule has 2 saturated heterocycles. The SMILES string of the molecule is O=C(NC(c1ncccn1)C1CCCC1)c1ccc2[nH]nc(-c3ccc(N4[C@@H]5CC[C@H]4C[C@@H](O)C5)cc3)c2c1. The van der Waals surface area contributed by atoms with Crippen LogP contribution >= 0.6 is 0 Å². The molecule has 4 aromatic rings. The first-order valence-electron chi connectivity index (χ1n) is 14.3. The summed E-state index contributed by atoms with van der Waals surface area (Å²) >= 11 is 0. The number of H-pyrrole nitrogens is 1. The molecule has 2 aromatic carbocycles. The summed E-state index contributed by atoms with van der Waals surface area (Å²) in [6.45, 7) is 0. The maximum atomic E-state index is 13.5. The van der Waals surface area contributed by atoms with Crippen LogP contribution in [0.4, 0.5) is 5.69 Å². The van der Waals surface area contributed by atoms with E-state index < -0.39 is 0 Å². The van der Waals surface area contributed by atoms with Crippen molar-refractivity contribution in [3.8, 4) is 11.3 Å². The molecular weight excluding hydrogens is 488 g/mol. The Hall–Kier alpha value is -3.78. The Kier molecular flexibility index (Phi) is 6.27. The van der Waals surface area contributed by atoms with Crippen molar-refractivity contribution in [1.29, 1.82) is 0 Å². The molecule has 0 radical (unpaired) electrons. The van der Waals surface area contributed by atoms with Crippen LogP contribution < -0.4 is 10.2 Å². The first-order valence-corrected chi connectivity index (χ1v) is 14.3. The van der Waals surface area contributed by atoms with Gasteiger partial charge in [0.05, 0.1) is 23.4 Å². The van der Waals surface area contributed by atoms with Gasteiger partial charge in [-0.05, 0) is 80.8 Å². The van der Waals surface area contributed by atoms with E-state index in [9.17, 15) is 9.90 Å². The van der Waals surface area contributed by atoms with Gasteiger partial charge >= 0.3 is 0 Å². The highest BCUT2D eigenvalue weighted by molar-refractivity contribution is 6.01. The van der Waals surface area contributed by atoms with Crippen LogP contribution in [0, 0.1) is 5.92 Å². The summed E-state index contributed by atoms with van der Waals surface area (Å²) in [4.78, 5) is 24.9. The summed E-state index contributed by atoms with van der Waals surface area (Å²) in [5.74, 6) is 0.910. The van der Waals surface area contributed by atoms with E-state index in [0.717, 1.165) is 60.7 Å². The molecule has 8 nitrogen and oxygen atoms in total. The van der Waals surface area contributed by atoms with Crippen LogP contribution in [0.15, 0.2) is 60.9 Å². The molecule has 4 heterocycles. The monoisotopic (exact) mass is 522 g/mol. The van der Waals surface area contributed by atoms with Gasteiger partial charge < -0.3 is 15.3 Å². The molecule has 4 atom stereocenters. The number of hydrogen-bond acceptors (Lipinski definition) is 6. The normalized spacial score (nSPS) is 23.8. The number of benzene rings is 2. The largest absolute Gasteiger partial charge is 0.393 e. The molecule has 8 heteroatoms. The molecule has 1 amide bonds. The zero-order valence-corrected chi connectivity index (χ0v) is 22.0. The van der Waals surface area contributed by atoms with Crippen LogP contribution in [0.2, 0.25) is 0 Å². The fourth-order valence-corrected chi connectivity index (χ4v) is 7.12. The number of aromatic amines is 1. The molecule has 3 N–H and O–H groups in total. The van der Waals surface area contributed by atoms with Gasteiger partial charge in [0.1, 0.15) is 0 Å². The van der Waals surface area contributed by atoms with E-state index in [1.807, 2.05) is 18.2 Å². The zero-order chi connectivity index (χ0) is 26.3. The van der Waals surface area contributed by atoms with E-state index >= 15 is 0 Å². The summed E-state index contributed by atoms with van der Waals surface area (Å²) in [5, 5.41) is 22.1. The fourth-order valence-electron chi connectivity index (χ4n) is 7.12. The van der Waals surface area contributed by atoms with Crippen LogP contribution in [0.1, 0.15) is 73.6 Å². The third kappa shape index (κ3) is 4.56. The van der Waals surface area contributed by atoms with Crippen molar-refractivity contribution >= 4 is 22.5 Å². The van der Waals surface area contributed by atoms with E-state index in [1.54, 1.807) is 18.5 Å². The standard InChI is InChI=1S/C31H34N6O2/c38-25-17-23-11-12-24(18-25)37(23)22-9-6-20(7-10-22)28-26-16-21(8-13-27(26)35-36-28)31(39)34-29(19-4-1-2-5-19)30-32-14-3-15-33-30/h3,6-10,13-16,19,23-25,29,38H,1-2,4-5,11-12,17-18H2,(H,34,39)(H,35,36)/t23-,24+,25+,29?. The van der Waals surface area contributed by atoms with Gasteiger partial charge in [-0.15, -0.1) is 0 Å². The number of anilines is 1. The molecule has 1 unspecified atom stereocenters. The van der Waals surface area contributed by atoms with E-state index in [2.05, 4.69) is 54.6 Å². The van der Waals surface area contributed by atoms with Gasteiger partial charge in [0.25, 0.3) is 5.91 Å². The predicted octanol–water partition coefficient (Wildman–Crippen LogP) is 5.17. The Morgan fingerprint density at radius 3 is 2.41 bits per heavy atom. The molecule has 0 spiro atoms. The average molecular weight is 523 g/mol. The minimum absolute atomic E-state index is 0.119. The van der Waals surface area contributed by atoms with Crippen molar-refractivity contribution in [3.05, 3.63) is 72.3 Å². The Bertz CT molecular complexity index is 1450. The first kappa shape index (κ1) is 24.3. The smallest absolute Gasteiger partial charge is 0.251 e. The Labute approximate surface area is 227 Å². The van der Waals surface area contributed by atoms with Crippen LogP contribution in [0.3, 0.4) is 0 Å². The minimum atomic E-state index is -0.195. The number of aliphatic hydroxyl groups is 1. The lowest BCUT2D eigenvalue weighted by Crippen LogP contribution is -2.44. The fraction of sp³-hybridized carbons (Fsp3) is 0.419. The number of carbonyl (C=O) groups excluding carboxylic acids is 1. The molecule has 2 bridgehead atoms. The molecule has 2 aliphatic heterocycles. The number of rotatable bonds is 6. The molecule has 2 aromatic heterocycles. The second kappa shape index (κ2) is 10.1. The highest BCUT2D eigenvalue weighted by Crippen LogP contribution is 2.40. The summed E-state index contributed by atoms with van der Waals surface area (Å²) < 4.78 is 0. The number of nitrogens with zero attached hydrogens (tertiary/aromatic N) is 4. The van der Waals surface area contributed by atoms with Gasteiger partial charge in [-0.3, -0.25) is 9.89 Å². The second-order valence-corrected chi connectivity index (χ2v) is 11.4. The minimum Gasteiger partial charge on any atom is -0.393 e. The van der Waals surface area contributed by atoms with E-state index in [1.165, 1.54) is 18.5 Å². The molecule has 39 heavy (non-hydrogen) atoms. The van der Waals surface area contributed by atoms with Crippen LogP contribution in [0.25, 0.3) is 22.2 Å². The number of aromatic nitrogens is 4. The van der Waals surface area contributed by atoms with E-state index in [-0.39, 0.29) is 18.1 Å². The van der Waals surface area contributed by atoms with Crippen LogP contribution in [-0.4, -0.2) is 49.4 Å². The lowest BCUT2D eigenvalue weighted by Gasteiger charge is -2.39. The average Bonchev–Trinajstić information content (AvgIpc) is 3.70. The van der Waals surface area contributed by atoms with Crippen molar-refractivity contribution in [2.75, 3.05) is 4.90 Å². The van der Waals surface area contributed by atoms with E-state index in [0.29, 0.717) is 29.4 Å². The number of amides is 1. The molecular formula is C31H34N6O2. The molecule has 7 rings (SSSR count). The van der Waals surface area contributed by atoms with Crippen molar-refractivity contribution in [1.82, 2.24) is 25.5 Å². The van der Waals surface area contributed by atoms with Gasteiger partial charge in [-0.2, -0.15) is 5.10 Å². The predicted molar refractivity (Wildman–Crippen MR) is 150 cm³/mol. The lowest BCUT2D eigenvalue weighted by molar-refractivity contribution is 0.0919. The molecule has 3 fully saturated rings. The highest BCUT2D eigenvalue weighted by Gasteiger charge is 2.40. The van der Waals surface area contributed by atoms with Crippen LogP contribution in [0.5, 0.6) is 0 Å². The van der Waals surface area contributed by atoms with Gasteiger partial charge in [-0.1, -0.05) is 25.0 Å². The van der Waals surface area contributed by atoms with Crippen molar-refractivity contribution in [3.63, 3.8) is 0 Å². The highest BCUT2D eigenvalue weighted by atomic mass is 16.3. The quantitative estimate of drug-likeness (QED) is 0.322. The second-order valence-electron chi connectivity index (χ2n) is 11.4. The number of fused-ring (bicyclic) bond motifs is 3. The zero-order valence-electron chi connectivity index (χ0n) is 22.0. The van der Waals surface area contributed by atoms with Crippen molar-refractivity contribution in [2.45, 2.75) is 75.6 Å². The molecule has 1 aliphatic carbocycles. The van der Waals surface area contributed by atoms with Crippen molar-refractivity contribution in [2.24, 2.45) is 5.92 Å². The third-order valence-electron chi connectivity index (χ3n) is 8.99. The topological polar surface area (TPSA) is 107 Å². The number of aliphatic hydroxyl groups excluding tert-OH is 1. The van der Waals surface area contributed by atoms with E-state index in [4.69, 9.17) is 0 Å². The lowest BCUT2D eigenvalue weighted by atomic mass is 9.96. The van der Waals surface area contributed by atoms with Gasteiger partial charge in [0.15, 0.2) is 5.82 Å². The first-order chi connectivity index (χ1) is 19.1. The number of hydrogen-bond donors (Lipinski definition) is 3. The summed E-state index contributed by atoms with van der Waals surface area (Å²) in [7, 11) is 0. The van der Waals surface area contributed by atoms with Gasteiger partial charge in [-0.25, -0.2) is 9.97 Å². The molecule has 200 valence electrons. The summed E-state index contributed by atoms with van der Waals surface area (Å²) in [5.41, 5.74) is 4.55. The summed E-state index contributed by atoms with van der Waals surface area (Å²) in [6.07, 6.45) is 11.8. The van der Waals surface area contributed by atoms with Gasteiger partial charge in [0, 0.05) is 46.7 Å². The maximum absolute atomic E-state index is 13.5. The summed E-state index contributed by atoms with van der Waals surface area (Å²) in [6, 6.07) is 16.7. The number of piperidine rings is 1. The van der Waals surface area contributed by atoms with Crippen molar-refractivity contribution < 1.29 is 9.90 Å². The molecule has 3 aliphatic rings. The number of carbonyl (C=O) groups is 1. The Morgan fingerprint density at radius 2 is 1.69 bits per heavy atom. The molecule has 1 saturated carbocycles. The van der Waals surface area contributed by atoms with Gasteiger partial charge in [0.2, 0.25) is 0 Å². The Balaban J connectivity index is 1.14. The Morgan fingerprint density at radius 1 is 0.974 bits per heavy atom. The third-order valence-corrected chi connectivity index (χ3v) is 8.99. The maximum Gasteiger partial charge on any atom is 0.251 e.